The summed E-state index contributed by atoms with van der Waals surface area (Å²) in [5.74, 6) is -3.86. The van der Waals surface area contributed by atoms with Gasteiger partial charge in [-0.2, -0.15) is 5.10 Å². The monoisotopic (exact) mass is 468 g/mol. The van der Waals surface area contributed by atoms with Gasteiger partial charge in [0.15, 0.2) is 5.82 Å². The number of fused-ring (bicyclic) bond motifs is 1. The van der Waals surface area contributed by atoms with E-state index in [1.807, 2.05) is 0 Å². The molecule has 0 amide bonds. The first-order valence-corrected chi connectivity index (χ1v) is 10.3. The van der Waals surface area contributed by atoms with E-state index in [9.17, 15) is 31.5 Å². The molecular formula is C22H21F5N4O2. The van der Waals surface area contributed by atoms with Crippen molar-refractivity contribution in [2.24, 2.45) is 7.05 Å². The topological polar surface area (TPSA) is 68.9 Å². The summed E-state index contributed by atoms with van der Waals surface area (Å²) >= 11 is 0. The molecule has 3 aromatic rings. The Morgan fingerprint density at radius 1 is 1.18 bits per heavy atom. The van der Waals surface area contributed by atoms with E-state index >= 15 is 0 Å². The minimum absolute atomic E-state index is 0.00927. The summed E-state index contributed by atoms with van der Waals surface area (Å²) in [5, 5.41) is 7.24. The molecule has 1 aliphatic rings. The lowest BCUT2D eigenvalue weighted by Crippen LogP contribution is -2.28. The molecule has 1 saturated carbocycles. The van der Waals surface area contributed by atoms with Gasteiger partial charge in [0.2, 0.25) is 5.92 Å². The highest BCUT2D eigenvalue weighted by Crippen LogP contribution is 2.41. The summed E-state index contributed by atoms with van der Waals surface area (Å²) in [6, 6.07) is 3.14. The van der Waals surface area contributed by atoms with Crippen molar-refractivity contribution in [3.8, 4) is 0 Å². The van der Waals surface area contributed by atoms with Crippen LogP contribution in [0.15, 0.2) is 40.1 Å². The SMILES string of the molecule is C[C@@H](Nc1nn(C)c(=O)c2cc(=O)n([C@@H]3CCC(F)(F)C3)cc12)c1cccc(C(F)F)c1F. The summed E-state index contributed by atoms with van der Waals surface area (Å²) in [5.41, 5.74) is -1.95. The molecule has 0 aliphatic heterocycles. The summed E-state index contributed by atoms with van der Waals surface area (Å²) in [6.07, 6.45) is -2.44. The van der Waals surface area contributed by atoms with Crippen molar-refractivity contribution in [1.82, 2.24) is 14.3 Å². The zero-order valence-electron chi connectivity index (χ0n) is 17.8. The maximum absolute atomic E-state index is 14.6. The second-order valence-electron chi connectivity index (χ2n) is 8.29. The first-order valence-electron chi connectivity index (χ1n) is 10.3. The van der Waals surface area contributed by atoms with Gasteiger partial charge < -0.3 is 9.88 Å². The molecule has 1 aliphatic carbocycles. The molecule has 4 rings (SSSR count). The van der Waals surface area contributed by atoms with Crippen LogP contribution in [0.4, 0.5) is 27.8 Å². The van der Waals surface area contributed by atoms with Crippen molar-refractivity contribution >= 4 is 16.6 Å². The van der Waals surface area contributed by atoms with Gasteiger partial charge in [0.25, 0.3) is 17.5 Å². The smallest absolute Gasteiger partial charge is 0.274 e. The molecule has 2 aromatic heterocycles. The van der Waals surface area contributed by atoms with Crippen LogP contribution in [0.25, 0.3) is 10.8 Å². The van der Waals surface area contributed by atoms with E-state index in [4.69, 9.17) is 0 Å². The fourth-order valence-corrected chi connectivity index (χ4v) is 4.25. The Hall–Kier alpha value is -3.24. The highest BCUT2D eigenvalue weighted by molar-refractivity contribution is 5.90. The van der Waals surface area contributed by atoms with Gasteiger partial charge in [-0.3, -0.25) is 9.59 Å². The Kier molecular flexibility index (Phi) is 5.75. The van der Waals surface area contributed by atoms with Gasteiger partial charge >= 0.3 is 0 Å². The molecule has 6 nitrogen and oxygen atoms in total. The second kappa shape index (κ2) is 8.27. The van der Waals surface area contributed by atoms with E-state index in [2.05, 4.69) is 10.4 Å². The number of alkyl halides is 4. The zero-order valence-corrected chi connectivity index (χ0v) is 17.8. The average Bonchev–Trinajstić information content (AvgIpc) is 3.10. The van der Waals surface area contributed by atoms with E-state index in [1.54, 1.807) is 0 Å². The first kappa shape index (κ1) is 22.9. The molecular weight excluding hydrogens is 447 g/mol. The molecule has 0 unspecified atom stereocenters. The normalized spacial score (nSPS) is 18.7. The van der Waals surface area contributed by atoms with Gasteiger partial charge in [-0.05, 0) is 13.3 Å². The summed E-state index contributed by atoms with van der Waals surface area (Å²) < 4.78 is 70.4. The lowest BCUT2D eigenvalue weighted by Gasteiger charge is -2.20. The maximum atomic E-state index is 14.6. The van der Waals surface area contributed by atoms with Gasteiger partial charge in [-0.25, -0.2) is 26.6 Å². The molecule has 2 heterocycles. The number of hydrogen-bond acceptors (Lipinski definition) is 4. The Labute approximate surface area is 184 Å². The number of nitrogens with one attached hydrogen (secondary N) is 1. The average molecular weight is 468 g/mol. The van der Waals surface area contributed by atoms with E-state index in [0.29, 0.717) is 0 Å². The third-order valence-corrected chi connectivity index (χ3v) is 5.99. The molecule has 1 N–H and O–H groups in total. The Morgan fingerprint density at radius 3 is 2.52 bits per heavy atom. The number of anilines is 1. The quantitative estimate of drug-likeness (QED) is 0.551. The van der Waals surface area contributed by atoms with Gasteiger partial charge in [0.1, 0.15) is 5.82 Å². The molecule has 33 heavy (non-hydrogen) atoms. The maximum Gasteiger partial charge on any atom is 0.274 e. The van der Waals surface area contributed by atoms with Crippen molar-refractivity contribution in [1.29, 1.82) is 0 Å². The summed E-state index contributed by atoms with van der Waals surface area (Å²) in [4.78, 5) is 25.2. The van der Waals surface area contributed by atoms with Crippen molar-refractivity contribution in [3.05, 3.63) is 68.1 Å². The highest BCUT2D eigenvalue weighted by Gasteiger charge is 2.40. The van der Waals surface area contributed by atoms with Gasteiger partial charge in [-0.1, -0.05) is 18.2 Å². The number of nitrogens with zero attached hydrogens (tertiary/aromatic N) is 3. The largest absolute Gasteiger partial charge is 0.361 e. The van der Waals surface area contributed by atoms with Gasteiger partial charge in [-0.15, -0.1) is 0 Å². The van der Waals surface area contributed by atoms with Gasteiger partial charge in [0, 0.05) is 49.1 Å². The molecule has 0 bridgehead atoms. The number of benzene rings is 1. The molecule has 0 radical (unpaired) electrons. The van der Waals surface area contributed by atoms with E-state index < -0.39 is 53.4 Å². The number of halogens is 5. The minimum atomic E-state index is -2.99. The predicted molar refractivity (Wildman–Crippen MR) is 112 cm³/mol. The Morgan fingerprint density at radius 2 is 1.88 bits per heavy atom. The van der Waals surface area contributed by atoms with Crippen LogP contribution in [0.2, 0.25) is 0 Å². The van der Waals surface area contributed by atoms with Crippen LogP contribution in [-0.2, 0) is 7.05 Å². The highest BCUT2D eigenvalue weighted by atomic mass is 19.3. The minimum Gasteiger partial charge on any atom is -0.361 e. The Balaban J connectivity index is 1.80. The van der Waals surface area contributed by atoms with Gasteiger partial charge in [0.05, 0.1) is 17.0 Å². The third kappa shape index (κ3) is 4.23. The van der Waals surface area contributed by atoms with Crippen LogP contribution in [0.3, 0.4) is 0 Å². The van der Waals surface area contributed by atoms with Crippen LogP contribution >= 0.6 is 0 Å². The number of pyridine rings is 1. The second-order valence-corrected chi connectivity index (χ2v) is 8.29. The molecule has 176 valence electrons. The van der Waals surface area contributed by atoms with E-state index in [-0.39, 0.29) is 35.0 Å². The molecule has 2 atom stereocenters. The number of aromatic nitrogens is 3. The van der Waals surface area contributed by atoms with Crippen molar-refractivity contribution < 1.29 is 22.0 Å². The van der Waals surface area contributed by atoms with Crippen molar-refractivity contribution in [3.63, 3.8) is 0 Å². The number of rotatable bonds is 5. The lowest BCUT2D eigenvalue weighted by atomic mass is 10.0. The zero-order chi connectivity index (χ0) is 24.1. The first-order chi connectivity index (χ1) is 15.5. The molecule has 1 fully saturated rings. The van der Waals surface area contributed by atoms with Crippen LogP contribution in [-0.4, -0.2) is 20.3 Å². The number of hydrogen-bond donors (Lipinski definition) is 1. The molecule has 1 aromatic carbocycles. The van der Waals surface area contributed by atoms with E-state index in [0.717, 1.165) is 21.4 Å². The van der Waals surface area contributed by atoms with Crippen LogP contribution in [0.1, 0.15) is 55.8 Å². The molecule has 11 heteroatoms. The van der Waals surface area contributed by atoms with Crippen molar-refractivity contribution in [2.75, 3.05) is 5.32 Å². The van der Waals surface area contributed by atoms with Crippen LogP contribution in [0.5, 0.6) is 0 Å². The summed E-state index contributed by atoms with van der Waals surface area (Å²) in [7, 11) is 1.36. The molecule has 0 saturated heterocycles. The molecule has 0 spiro atoms. The van der Waals surface area contributed by atoms with Crippen LogP contribution < -0.4 is 16.4 Å². The summed E-state index contributed by atoms with van der Waals surface area (Å²) in [6.45, 7) is 1.53. The fourth-order valence-electron chi connectivity index (χ4n) is 4.25. The number of aryl methyl sites for hydroxylation is 1. The standard InChI is InChI=1S/C22H21F5N4O2/c1-11(13-4-3-5-14(18(13)23)19(24)25)28-20-16-10-31(12-6-7-22(26,27)9-12)17(32)8-15(16)21(33)30(2)29-20/h3-5,8,10-12,19H,6-7,9H2,1-2H3,(H,28,29)/t11-,12-/m1/s1. The van der Waals surface area contributed by atoms with E-state index in [1.165, 1.54) is 32.3 Å². The lowest BCUT2D eigenvalue weighted by molar-refractivity contribution is 0.00553. The van der Waals surface area contributed by atoms with Crippen LogP contribution in [0, 0.1) is 5.82 Å². The Bertz CT molecular complexity index is 1330. The third-order valence-electron chi connectivity index (χ3n) is 5.99. The fraction of sp³-hybridized carbons (Fsp3) is 0.409. The van der Waals surface area contributed by atoms with Crippen molar-refractivity contribution in [2.45, 2.75) is 50.6 Å². The predicted octanol–water partition coefficient (Wildman–Crippen LogP) is 4.71.